The molecule has 0 aliphatic heterocycles. The Morgan fingerprint density at radius 3 is 2.64 bits per heavy atom. The first-order valence-corrected chi connectivity index (χ1v) is 8.93. The molecule has 1 aromatic carbocycles. The number of aryl methyl sites for hydroxylation is 1. The quantitative estimate of drug-likeness (QED) is 0.745. The van der Waals surface area contributed by atoms with Crippen LogP contribution in [0, 0.1) is 0 Å². The normalized spacial score (nSPS) is 11.5. The van der Waals surface area contributed by atoms with Crippen molar-refractivity contribution in [2.45, 2.75) is 39.0 Å². The number of benzene rings is 1. The van der Waals surface area contributed by atoms with Crippen LogP contribution in [0.15, 0.2) is 40.1 Å². The highest BCUT2D eigenvalue weighted by Gasteiger charge is 2.18. The molecule has 2 heterocycles. The average molecular weight is 356 g/mol. The van der Waals surface area contributed by atoms with Crippen LogP contribution in [0.3, 0.4) is 0 Å². The molecule has 2 aromatic heterocycles. The van der Waals surface area contributed by atoms with Gasteiger partial charge in [0, 0.05) is 29.2 Å². The molecular formula is C18H20N4O2S. The van der Waals surface area contributed by atoms with Gasteiger partial charge in [-0.2, -0.15) is 0 Å². The number of carbonyl (C=O) groups excluding carboxylic acids is 1. The van der Waals surface area contributed by atoms with E-state index in [2.05, 4.69) is 41.3 Å². The number of aromatic nitrogens is 3. The highest BCUT2D eigenvalue weighted by Crippen LogP contribution is 2.26. The molecule has 0 unspecified atom stereocenters. The molecular weight excluding hydrogens is 336 g/mol. The predicted octanol–water partition coefficient (Wildman–Crippen LogP) is 4.06. The van der Waals surface area contributed by atoms with Gasteiger partial charge in [0.25, 0.3) is 0 Å². The minimum Gasteiger partial charge on any atom is -0.421 e. The SMILES string of the molecule is CC(C)(C)c1csc(NC(=O)CCc2nnc(-c3ccccc3)o2)n1. The molecule has 0 radical (unpaired) electrons. The van der Waals surface area contributed by atoms with Crippen molar-refractivity contribution >= 4 is 22.4 Å². The van der Waals surface area contributed by atoms with Crippen molar-refractivity contribution in [3.05, 3.63) is 47.3 Å². The van der Waals surface area contributed by atoms with E-state index in [1.54, 1.807) is 0 Å². The van der Waals surface area contributed by atoms with E-state index in [1.165, 1.54) is 11.3 Å². The molecule has 130 valence electrons. The van der Waals surface area contributed by atoms with Gasteiger partial charge in [-0.15, -0.1) is 21.5 Å². The second-order valence-electron chi connectivity index (χ2n) is 6.70. The molecule has 0 saturated carbocycles. The van der Waals surface area contributed by atoms with Crippen molar-refractivity contribution in [2.24, 2.45) is 0 Å². The van der Waals surface area contributed by atoms with Crippen molar-refractivity contribution in [3.63, 3.8) is 0 Å². The molecule has 0 spiro atoms. The number of anilines is 1. The fourth-order valence-corrected chi connectivity index (χ4v) is 3.08. The Morgan fingerprint density at radius 1 is 1.20 bits per heavy atom. The predicted molar refractivity (Wildman–Crippen MR) is 97.5 cm³/mol. The second kappa shape index (κ2) is 7.14. The maximum atomic E-state index is 12.1. The van der Waals surface area contributed by atoms with E-state index >= 15 is 0 Å². The second-order valence-corrected chi connectivity index (χ2v) is 7.56. The van der Waals surface area contributed by atoms with E-state index < -0.39 is 0 Å². The fraction of sp³-hybridized carbons (Fsp3) is 0.333. The van der Waals surface area contributed by atoms with Crippen molar-refractivity contribution in [3.8, 4) is 11.5 Å². The zero-order valence-corrected chi connectivity index (χ0v) is 15.3. The Balaban J connectivity index is 1.54. The van der Waals surface area contributed by atoms with Gasteiger partial charge in [0.15, 0.2) is 5.13 Å². The van der Waals surface area contributed by atoms with Crippen molar-refractivity contribution < 1.29 is 9.21 Å². The smallest absolute Gasteiger partial charge is 0.247 e. The minimum atomic E-state index is -0.116. The van der Waals surface area contributed by atoms with Gasteiger partial charge in [0.2, 0.25) is 17.7 Å². The molecule has 0 fully saturated rings. The summed E-state index contributed by atoms with van der Waals surface area (Å²) in [5, 5.41) is 13.4. The fourth-order valence-electron chi connectivity index (χ4n) is 2.13. The summed E-state index contributed by atoms with van der Waals surface area (Å²) in [7, 11) is 0. The first-order chi connectivity index (χ1) is 11.9. The number of nitrogens with one attached hydrogen (secondary N) is 1. The lowest BCUT2D eigenvalue weighted by molar-refractivity contribution is -0.116. The molecule has 0 aliphatic carbocycles. The van der Waals surface area contributed by atoms with Gasteiger partial charge in [-0.25, -0.2) is 4.98 Å². The Kier molecular flexibility index (Phi) is 4.94. The maximum Gasteiger partial charge on any atom is 0.247 e. The summed E-state index contributed by atoms with van der Waals surface area (Å²) in [6.07, 6.45) is 0.657. The Hall–Kier alpha value is -2.54. The lowest BCUT2D eigenvalue weighted by Crippen LogP contribution is -2.14. The Morgan fingerprint density at radius 2 is 1.96 bits per heavy atom. The average Bonchev–Trinajstić information content (AvgIpc) is 3.23. The van der Waals surface area contributed by atoms with E-state index in [1.807, 2.05) is 35.7 Å². The number of nitrogens with zero attached hydrogens (tertiary/aromatic N) is 3. The van der Waals surface area contributed by atoms with Crippen molar-refractivity contribution in [1.29, 1.82) is 0 Å². The van der Waals surface area contributed by atoms with Gasteiger partial charge in [-0.05, 0) is 12.1 Å². The van der Waals surface area contributed by atoms with Gasteiger partial charge >= 0.3 is 0 Å². The molecule has 7 heteroatoms. The largest absolute Gasteiger partial charge is 0.421 e. The number of carbonyl (C=O) groups is 1. The van der Waals surface area contributed by atoms with E-state index in [9.17, 15) is 4.79 Å². The van der Waals surface area contributed by atoms with Crippen LogP contribution in [0.2, 0.25) is 0 Å². The van der Waals surface area contributed by atoms with E-state index in [-0.39, 0.29) is 17.7 Å². The first kappa shape index (κ1) is 17.3. The van der Waals surface area contributed by atoms with E-state index in [0.29, 0.717) is 23.3 Å². The lowest BCUT2D eigenvalue weighted by atomic mass is 9.93. The lowest BCUT2D eigenvalue weighted by Gasteiger charge is -2.14. The number of hydrogen-bond donors (Lipinski definition) is 1. The van der Waals surface area contributed by atoms with Gasteiger partial charge in [0.1, 0.15) is 0 Å². The maximum absolute atomic E-state index is 12.1. The number of rotatable bonds is 5. The van der Waals surface area contributed by atoms with Gasteiger partial charge < -0.3 is 9.73 Å². The third-order valence-corrected chi connectivity index (χ3v) is 4.33. The summed E-state index contributed by atoms with van der Waals surface area (Å²) in [5.74, 6) is 0.795. The summed E-state index contributed by atoms with van der Waals surface area (Å²) in [6, 6.07) is 9.55. The summed E-state index contributed by atoms with van der Waals surface area (Å²) in [6.45, 7) is 6.27. The molecule has 0 bridgehead atoms. The zero-order valence-electron chi connectivity index (χ0n) is 14.4. The Bertz CT molecular complexity index is 849. The highest BCUT2D eigenvalue weighted by molar-refractivity contribution is 7.13. The Labute approximate surface area is 150 Å². The standard InChI is InChI=1S/C18H20N4O2S/c1-18(2,3)13-11-25-17(19-13)20-14(23)9-10-15-21-22-16(24-15)12-7-5-4-6-8-12/h4-8,11H,9-10H2,1-3H3,(H,19,20,23). The molecule has 3 aromatic rings. The molecule has 6 nitrogen and oxygen atoms in total. The molecule has 25 heavy (non-hydrogen) atoms. The molecule has 1 amide bonds. The van der Waals surface area contributed by atoms with Crippen molar-refractivity contribution in [2.75, 3.05) is 5.32 Å². The van der Waals surface area contributed by atoms with Crippen LogP contribution in [0.25, 0.3) is 11.5 Å². The van der Waals surface area contributed by atoms with Crippen LogP contribution in [0.4, 0.5) is 5.13 Å². The van der Waals surface area contributed by atoms with Crippen LogP contribution in [-0.4, -0.2) is 21.1 Å². The topological polar surface area (TPSA) is 80.9 Å². The third-order valence-electron chi connectivity index (χ3n) is 3.57. The van der Waals surface area contributed by atoms with Crippen LogP contribution in [0.1, 0.15) is 38.8 Å². The van der Waals surface area contributed by atoms with Crippen LogP contribution in [-0.2, 0) is 16.6 Å². The monoisotopic (exact) mass is 356 g/mol. The summed E-state index contributed by atoms with van der Waals surface area (Å²) in [5.41, 5.74) is 1.80. The molecule has 3 rings (SSSR count). The minimum absolute atomic E-state index is 0.0307. The third kappa shape index (κ3) is 4.51. The number of hydrogen-bond acceptors (Lipinski definition) is 6. The van der Waals surface area contributed by atoms with E-state index in [4.69, 9.17) is 4.42 Å². The number of thiazole rings is 1. The molecule has 0 saturated heterocycles. The summed E-state index contributed by atoms with van der Waals surface area (Å²) >= 11 is 1.43. The van der Waals surface area contributed by atoms with Crippen LogP contribution in [0.5, 0.6) is 0 Å². The first-order valence-electron chi connectivity index (χ1n) is 8.05. The van der Waals surface area contributed by atoms with Crippen LogP contribution >= 0.6 is 11.3 Å². The van der Waals surface area contributed by atoms with Crippen molar-refractivity contribution in [1.82, 2.24) is 15.2 Å². The van der Waals surface area contributed by atoms with Gasteiger partial charge in [-0.1, -0.05) is 39.0 Å². The highest BCUT2D eigenvalue weighted by atomic mass is 32.1. The number of amides is 1. The van der Waals surface area contributed by atoms with Gasteiger partial charge in [0.05, 0.1) is 5.69 Å². The van der Waals surface area contributed by atoms with Crippen LogP contribution < -0.4 is 5.32 Å². The molecule has 0 atom stereocenters. The summed E-state index contributed by atoms with van der Waals surface area (Å²) < 4.78 is 5.60. The molecule has 1 N–H and O–H groups in total. The van der Waals surface area contributed by atoms with Gasteiger partial charge in [-0.3, -0.25) is 4.79 Å². The summed E-state index contributed by atoms with van der Waals surface area (Å²) in [4.78, 5) is 16.5. The zero-order chi connectivity index (χ0) is 17.9. The van der Waals surface area contributed by atoms with E-state index in [0.717, 1.165) is 11.3 Å². The molecule has 0 aliphatic rings.